The Morgan fingerprint density at radius 3 is 2.19 bits per heavy atom. The minimum atomic E-state index is -1.20. The second kappa shape index (κ2) is 10.1. The van der Waals surface area contributed by atoms with Crippen LogP contribution in [0.5, 0.6) is 0 Å². The molecule has 3 atom stereocenters. The molecule has 184 valence electrons. The van der Waals surface area contributed by atoms with Gasteiger partial charge >= 0.3 is 18.1 Å². The molecule has 0 spiro atoms. The lowest BCUT2D eigenvalue weighted by atomic mass is 10.0. The number of urea groups is 1. The highest BCUT2D eigenvalue weighted by atomic mass is 16.6. The first-order valence-corrected chi connectivity index (χ1v) is 11.8. The molecule has 9 nitrogen and oxygen atoms in total. The minimum absolute atomic E-state index is 0.0405. The predicted octanol–water partition coefficient (Wildman–Crippen LogP) is 4.28. The molecule has 1 aromatic heterocycles. The lowest BCUT2D eigenvalue weighted by Gasteiger charge is -2.45. The van der Waals surface area contributed by atoms with E-state index in [0.29, 0.717) is 24.2 Å². The maximum Gasteiger partial charge on any atom is 0.410 e. The lowest BCUT2D eigenvalue weighted by Crippen LogP contribution is -2.66. The number of piperazine rings is 1. The van der Waals surface area contributed by atoms with Gasteiger partial charge in [0.05, 0.1) is 23.5 Å². The number of carboxylic acids is 1. The summed E-state index contributed by atoms with van der Waals surface area (Å²) in [5, 5.41) is 10.2. The summed E-state index contributed by atoms with van der Waals surface area (Å²) in [7, 11) is 0. The van der Waals surface area contributed by atoms with E-state index in [0.717, 1.165) is 5.56 Å². The van der Waals surface area contributed by atoms with E-state index in [2.05, 4.69) is 4.98 Å². The van der Waals surface area contributed by atoms with Crippen LogP contribution in [0, 0.1) is 0 Å². The zero-order chi connectivity index (χ0) is 25.1. The van der Waals surface area contributed by atoms with E-state index in [1.54, 1.807) is 48.8 Å². The van der Waals surface area contributed by atoms with E-state index in [1.807, 2.05) is 36.4 Å². The number of benzene rings is 2. The number of fused-ring (bicyclic) bond motifs is 2. The molecule has 36 heavy (non-hydrogen) atoms. The van der Waals surface area contributed by atoms with Gasteiger partial charge in [-0.05, 0) is 43.2 Å². The number of anilines is 2. The molecule has 9 heteroatoms. The van der Waals surface area contributed by atoms with Gasteiger partial charge in [-0.3, -0.25) is 14.8 Å². The molecule has 3 heterocycles. The van der Waals surface area contributed by atoms with Gasteiger partial charge < -0.3 is 14.7 Å². The third-order valence-electron chi connectivity index (χ3n) is 6.67. The number of hydrogen-bond acceptors (Lipinski definition) is 5. The number of aromatic nitrogens is 1. The topological polar surface area (TPSA) is 103 Å². The number of nitrogens with zero attached hydrogens (tertiary/aromatic N) is 4. The van der Waals surface area contributed by atoms with Crippen LogP contribution in [-0.4, -0.2) is 62.7 Å². The van der Waals surface area contributed by atoms with Gasteiger partial charge in [0.1, 0.15) is 6.61 Å². The van der Waals surface area contributed by atoms with Crippen LogP contribution in [0.3, 0.4) is 0 Å². The van der Waals surface area contributed by atoms with Crippen LogP contribution in [0.1, 0.15) is 18.4 Å². The van der Waals surface area contributed by atoms with E-state index in [-0.39, 0.29) is 19.2 Å². The molecule has 2 fully saturated rings. The van der Waals surface area contributed by atoms with Crippen LogP contribution in [0.25, 0.3) is 0 Å². The first kappa shape index (κ1) is 23.3. The normalized spacial score (nSPS) is 20.6. The van der Waals surface area contributed by atoms with Crippen LogP contribution < -0.4 is 4.90 Å². The molecule has 0 unspecified atom stereocenters. The van der Waals surface area contributed by atoms with Crippen LogP contribution >= 0.6 is 0 Å². The number of amides is 3. The average Bonchev–Trinajstić information content (AvgIpc) is 3.21. The van der Waals surface area contributed by atoms with Crippen molar-refractivity contribution in [3.8, 4) is 0 Å². The van der Waals surface area contributed by atoms with Gasteiger partial charge in [-0.2, -0.15) is 0 Å². The molecule has 2 aliphatic rings. The summed E-state index contributed by atoms with van der Waals surface area (Å²) in [4.78, 5) is 47.9. The highest BCUT2D eigenvalue weighted by molar-refractivity contribution is 6.01. The first-order valence-electron chi connectivity index (χ1n) is 11.8. The number of hydrogen-bond donors (Lipinski definition) is 1. The summed E-state index contributed by atoms with van der Waals surface area (Å²) in [6.07, 6.45) is 3.74. The molecule has 2 saturated heterocycles. The number of pyridine rings is 1. The number of ether oxygens (including phenoxy) is 1. The van der Waals surface area contributed by atoms with Gasteiger partial charge in [0.2, 0.25) is 0 Å². The molecule has 0 aliphatic carbocycles. The summed E-state index contributed by atoms with van der Waals surface area (Å²) in [5.41, 5.74) is 2.00. The summed E-state index contributed by atoms with van der Waals surface area (Å²) < 4.78 is 5.50. The third kappa shape index (κ3) is 4.47. The zero-order valence-corrected chi connectivity index (χ0v) is 19.5. The quantitative estimate of drug-likeness (QED) is 0.578. The molecule has 3 amide bonds. The van der Waals surface area contributed by atoms with E-state index >= 15 is 0 Å². The number of carbonyl (C=O) groups excluding carboxylic acids is 2. The van der Waals surface area contributed by atoms with Gasteiger partial charge in [-0.15, -0.1) is 0 Å². The number of rotatable bonds is 5. The van der Waals surface area contributed by atoms with Crippen LogP contribution in [0.15, 0.2) is 85.2 Å². The third-order valence-corrected chi connectivity index (χ3v) is 6.67. The van der Waals surface area contributed by atoms with E-state index in [9.17, 15) is 19.5 Å². The largest absolute Gasteiger partial charge is 0.480 e. The highest BCUT2D eigenvalue weighted by Gasteiger charge is 2.54. The van der Waals surface area contributed by atoms with Gasteiger partial charge in [-0.1, -0.05) is 42.5 Å². The Bertz CT molecular complexity index is 1190. The molecule has 2 bridgehead atoms. The Morgan fingerprint density at radius 1 is 0.944 bits per heavy atom. The number of likely N-dealkylation sites (tertiary alicyclic amines) is 1. The second-order valence-corrected chi connectivity index (χ2v) is 8.85. The van der Waals surface area contributed by atoms with Gasteiger partial charge in [-0.25, -0.2) is 14.4 Å². The van der Waals surface area contributed by atoms with Crippen LogP contribution in [-0.2, 0) is 16.1 Å². The monoisotopic (exact) mass is 486 g/mol. The average molecular weight is 487 g/mol. The standard InChI is InChI=1S/C27H26N4O5/c32-25(33)24-23-14-13-22(31(23)27(35)36-18-19-8-7-15-28-16-19)17-29(24)26(34)30(20-9-3-1-4-10-20)21-11-5-2-6-12-21/h1-12,15-16,22-24H,13-14,17-18H2,(H,32,33)/t22-,23+,24-/m0/s1. The number of carboxylic acid groups (broad SMARTS) is 1. The van der Waals surface area contributed by atoms with Crippen molar-refractivity contribution in [3.63, 3.8) is 0 Å². The van der Waals surface area contributed by atoms with Gasteiger partial charge in [0, 0.05) is 24.5 Å². The zero-order valence-electron chi connectivity index (χ0n) is 19.5. The Labute approximate surface area is 208 Å². The van der Waals surface area contributed by atoms with Gasteiger partial charge in [0.15, 0.2) is 6.04 Å². The molecule has 3 aromatic rings. The van der Waals surface area contributed by atoms with Crippen molar-refractivity contribution in [3.05, 3.63) is 90.8 Å². The fourth-order valence-corrected chi connectivity index (χ4v) is 5.08. The molecule has 1 N–H and O–H groups in total. The predicted molar refractivity (Wildman–Crippen MR) is 132 cm³/mol. The molecule has 5 rings (SSSR count). The van der Waals surface area contributed by atoms with Crippen molar-refractivity contribution in [2.75, 3.05) is 11.4 Å². The maximum atomic E-state index is 14.0. The first-order chi connectivity index (χ1) is 17.5. The summed E-state index contributed by atoms with van der Waals surface area (Å²) in [6.45, 7) is 0.142. The van der Waals surface area contributed by atoms with Crippen molar-refractivity contribution in [2.24, 2.45) is 0 Å². The number of para-hydroxylation sites is 2. The molecule has 0 radical (unpaired) electrons. The lowest BCUT2D eigenvalue weighted by molar-refractivity contribution is -0.146. The highest BCUT2D eigenvalue weighted by Crippen LogP contribution is 2.37. The van der Waals surface area contributed by atoms with Crippen molar-refractivity contribution in [2.45, 2.75) is 37.6 Å². The van der Waals surface area contributed by atoms with Crippen molar-refractivity contribution >= 4 is 29.5 Å². The smallest absolute Gasteiger partial charge is 0.410 e. The maximum absolute atomic E-state index is 14.0. The molecular formula is C27H26N4O5. The number of aliphatic carboxylic acids is 1. The summed E-state index contributed by atoms with van der Waals surface area (Å²) >= 11 is 0. The Hall–Kier alpha value is -4.40. The summed E-state index contributed by atoms with van der Waals surface area (Å²) in [5.74, 6) is -1.15. The van der Waals surface area contributed by atoms with Crippen molar-refractivity contribution in [1.82, 2.24) is 14.8 Å². The van der Waals surface area contributed by atoms with Gasteiger partial charge in [0.25, 0.3) is 0 Å². The Balaban J connectivity index is 1.41. The van der Waals surface area contributed by atoms with E-state index < -0.39 is 30.2 Å². The molecule has 2 aliphatic heterocycles. The molecule has 2 aromatic carbocycles. The molecular weight excluding hydrogens is 460 g/mol. The van der Waals surface area contributed by atoms with E-state index in [1.165, 1.54) is 14.7 Å². The minimum Gasteiger partial charge on any atom is -0.480 e. The Kier molecular flexibility index (Phi) is 6.53. The fourth-order valence-electron chi connectivity index (χ4n) is 5.08. The fraction of sp³-hybridized carbons (Fsp3) is 0.259. The number of carbonyl (C=O) groups is 3. The van der Waals surface area contributed by atoms with Crippen LogP contribution in [0.4, 0.5) is 21.0 Å². The van der Waals surface area contributed by atoms with E-state index in [4.69, 9.17) is 4.74 Å². The van der Waals surface area contributed by atoms with Crippen molar-refractivity contribution in [1.29, 1.82) is 0 Å². The SMILES string of the molecule is O=C(O)[C@@H]1[C@H]2CC[C@@H](CN1C(=O)N(c1ccccc1)c1ccccc1)N2C(=O)OCc1cccnc1. The summed E-state index contributed by atoms with van der Waals surface area (Å²) in [6, 6.07) is 19.1. The van der Waals surface area contributed by atoms with Crippen molar-refractivity contribution < 1.29 is 24.2 Å². The van der Waals surface area contributed by atoms with Crippen LogP contribution in [0.2, 0.25) is 0 Å². The second-order valence-electron chi connectivity index (χ2n) is 8.85. The Morgan fingerprint density at radius 2 is 1.61 bits per heavy atom. The molecule has 0 saturated carbocycles.